The highest BCUT2D eigenvalue weighted by molar-refractivity contribution is 5.93. The van der Waals surface area contributed by atoms with E-state index in [2.05, 4.69) is 4.98 Å². The van der Waals surface area contributed by atoms with Crippen LogP contribution in [0.2, 0.25) is 0 Å². The van der Waals surface area contributed by atoms with Crippen molar-refractivity contribution < 1.29 is 14.6 Å². The van der Waals surface area contributed by atoms with Gasteiger partial charge in [-0.2, -0.15) is 0 Å². The van der Waals surface area contributed by atoms with Crippen molar-refractivity contribution >= 4 is 22.6 Å². The number of aliphatic carboxylic acids is 1. The van der Waals surface area contributed by atoms with Crippen LogP contribution < -0.4 is 9.64 Å². The van der Waals surface area contributed by atoms with Crippen molar-refractivity contribution in [2.24, 2.45) is 5.92 Å². The first-order valence-corrected chi connectivity index (χ1v) is 6.97. The van der Waals surface area contributed by atoms with Crippen LogP contribution in [0, 0.1) is 5.92 Å². The number of methoxy groups -OCH3 is 1. The van der Waals surface area contributed by atoms with Crippen LogP contribution >= 0.6 is 0 Å². The van der Waals surface area contributed by atoms with Crippen LogP contribution in [0.15, 0.2) is 30.5 Å². The van der Waals surface area contributed by atoms with Crippen LogP contribution in [0.5, 0.6) is 5.75 Å². The zero-order chi connectivity index (χ0) is 15.4. The summed E-state index contributed by atoms with van der Waals surface area (Å²) in [6, 6.07) is 7.73. The molecule has 112 valence electrons. The van der Waals surface area contributed by atoms with Crippen molar-refractivity contribution in [3.8, 4) is 5.75 Å². The summed E-state index contributed by atoms with van der Waals surface area (Å²) in [6.45, 7) is 4.84. The largest absolute Gasteiger partial charge is 0.497 e. The Morgan fingerprint density at radius 2 is 2.19 bits per heavy atom. The minimum atomic E-state index is -0.796. The van der Waals surface area contributed by atoms with Crippen LogP contribution in [-0.2, 0) is 4.79 Å². The molecule has 0 saturated heterocycles. The molecule has 1 heterocycles. The Morgan fingerprint density at radius 1 is 1.43 bits per heavy atom. The van der Waals surface area contributed by atoms with Gasteiger partial charge in [0, 0.05) is 24.7 Å². The van der Waals surface area contributed by atoms with Crippen molar-refractivity contribution in [2.45, 2.75) is 13.8 Å². The summed E-state index contributed by atoms with van der Waals surface area (Å²) in [7, 11) is 1.64. The van der Waals surface area contributed by atoms with E-state index in [4.69, 9.17) is 9.84 Å². The highest BCUT2D eigenvalue weighted by Crippen LogP contribution is 2.28. The van der Waals surface area contributed by atoms with Gasteiger partial charge in [0.15, 0.2) is 0 Å². The Morgan fingerprint density at radius 3 is 2.81 bits per heavy atom. The molecule has 0 bridgehead atoms. The smallest absolute Gasteiger partial charge is 0.308 e. The van der Waals surface area contributed by atoms with E-state index in [1.807, 2.05) is 36.1 Å². The summed E-state index contributed by atoms with van der Waals surface area (Å²) < 4.78 is 5.23. The zero-order valence-corrected chi connectivity index (χ0v) is 12.5. The van der Waals surface area contributed by atoms with E-state index < -0.39 is 11.9 Å². The summed E-state index contributed by atoms with van der Waals surface area (Å²) in [5.74, 6) is 0.364. The lowest BCUT2D eigenvalue weighted by molar-refractivity contribution is -0.140. The van der Waals surface area contributed by atoms with E-state index in [1.54, 1.807) is 20.2 Å². The predicted molar refractivity (Wildman–Crippen MR) is 83.0 cm³/mol. The lowest BCUT2D eigenvalue weighted by atomic mass is 10.1. The third-order valence-electron chi connectivity index (χ3n) is 3.55. The molecule has 21 heavy (non-hydrogen) atoms. The number of fused-ring (bicyclic) bond motifs is 1. The zero-order valence-electron chi connectivity index (χ0n) is 12.5. The Hall–Kier alpha value is -2.30. The van der Waals surface area contributed by atoms with Gasteiger partial charge in [0.1, 0.15) is 11.6 Å². The van der Waals surface area contributed by atoms with E-state index in [1.165, 1.54) is 0 Å². The Labute approximate surface area is 124 Å². The molecule has 0 amide bonds. The summed E-state index contributed by atoms with van der Waals surface area (Å²) in [6.07, 6.45) is 1.74. The molecule has 1 aromatic carbocycles. The number of benzene rings is 1. The molecule has 1 atom stereocenters. The lowest BCUT2D eigenvalue weighted by Gasteiger charge is -2.25. The standard InChI is InChI=1S/C16H20N2O3/c1-4-18(10-11(2)16(19)20)15-14-6-5-13(21-3)9-12(14)7-8-17-15/h5-9,11H,4,10H2,1-3H3,(H,19,20). The fourth-order valence-corrected chi connectivity index (χ4v) is 2.29. The first-order chi connectivity index (χ1) is 10.1. The first-order valence-electron chi connectivity index (χ1n) is 6.97. The number of anilines is 1. The Bertz CT molecular complexity index is 642. The molecule has 1 N–H and O–H groups in total. The van der Waals surface area contributed by atoms with Crippen molar-refractivity contribution in [3.63, 3.8) is 0 Å². The molecule has 0 aliphatic carbocycles. The monoisotopic (exact) mass is 288 g/mol. The van der Waals surface area contributed by atoms with Gasteiger partial charge in [0.2, 0.25) is 0 Å². The molecule has 1 aromatic heterocycles. The molecular weight excluding hydrogens is 268 g/mol. The molecule has 1 unspecified atom stereocenters. The van der Waals surface area contributed by atoms with Gasteiger partial charge in [0.05, 0.1) is 13.0 Å². The topological polar surface area (TPSA) is 62.7 Å². The number of carboxylic acids is 1. The molecule has 0 saturated carbocycles. The molecule has 2 aromatic rings. The van der Waals surface area contributed by atoms with E-state index in [0.717, 1.165) is 22.3 Å². The molecule has 5 nitrogen and oxygen atoms in total. The molecule has 0 aliphatic rings. The molecule has 5 heteroatoms. The quantitative estimate of drug-likeness (QED) is 0.885. The third-order valence-corrected chi connectivity index (χ3v) is 3.55. The normalized spacial score (nSPS) is 12.1. The SMILES string of the molecule is CCN(CC(C)C(=O)O)c1nccc2cc(OC)ccc12. The van der Waals surface area contributed by atoms with Gasteiger partial charge in [-0.3, -0.25) is 4.79 Å². The van der Waals surface area contributed by atoms with Gasteiger partial charge in [-0.15, -0.1) is 0 Å². The van der Waals surface area contributed by atoms with Crippen molar-refractivity contribution in [1.29, 1.82) is 0 Å². The average molecular weight is 288 g/mol. The number of carbonyl (C=O) groups is 1. The third kappa shape index (κ3) is 3.24. The molecule has 0 radical (unpaired) electrons. The average Bonchev–Trinajstić information content (AvgIpc) is 2.51. The Balaban J connectivity index is 2.41. The van der Waals surface area contributed by atoms with Gasteiger partial charge in [0.25, 0.3) is 0 Å². The summed E-state index contributed by atoms with van der Waals surface area (Å²) in [4.78, 5) is 17.5. The van der Waals surface area contributed by atoms with Crippen LogP contribution in [0.25, 0.3) is 10.8 Å². The fraction of sp³-hybridized carbons (Fsp3) is 0.375. The minimum absolute atomic E-state index is 0.434. The molecular formula is C16H20N2O3. The highest BCUT2D eigenvalue weighted by Gasteiger charge is 2.18. The van der Waals surface area contributed by atoms with Crippen molar-refractivity contribution in [3.05, 3.63) is 30.5 Å². The van der Waals surface area contributed by atoms with E-state index in [9.17, 15) is 4.79 Å². The lowest BCUT2D eigenvalue weighted by Crippen LogP contribution is -2.32. The second-order valence-corrected chi connectivity index (χ2v) is 5.00. The van der Waals surface area contributed by atoms with Crippen LogP contribution in [0.3, 0.4) is 0 Å². The van der Waals surface area contributed by atoms with Crippen molar-refractivity contribution in [2.75, 3.05) is 25.1 Å². The van der Waals surface area contributed by atoms with E-state index in [-0.39, 0.29) is 0 Å². The minimum Gasteiger partial charge on any atom is -0.497 e. The number of carboxylic acid groups (broad SMARTS) is 1. The number of nitrogens with zero attached hydrogens (tertiary/aromatic N) is 2. The second kappa shape index (κ2) is 6.43. The molecule has 0 spiro atoms. The van der Waals surface area contributed by atoms with Gasteiger partial charge < -0.3 is 14.7 Å². The number of aromatic nitrogens is 1. The van der Waals surface area contributed by atoms with Gasteiger partial charge in [-0.25, -0.2) is 4.98 Å². The Kier molecular flexibility index (Phi) is 4.62. The molecule has 0 fully saturated rings. The number of hydrogen-bond acceptors (Lipinski definition) is 4. The molecule has 0 aliphatic heterocycles. The fourth-order valence-electron chi connectivity index (χ4n) is 2.29. The van der Waals surface area contributed by atoms with Gasteiger partial charge >= 0.3 is 5.97 Å². The summed E-state index contributed by atoms with van der Waals surface area (Å²) >= 11 is 0. The number of pyridine rings is 1. The number of hydrogen-bond donors (Lipinski definition) is 1. The van der Waals surface area contributed by atoms with E-state index >= 15 is 0 Å². The van der Waals surface area contributed by atoms with Crippen LogP contribution in [0.1, 0.15) is 13.8 Å². The van der Waals surface area contributed by atoms with E-state index in [0.29, 0.717) is 13.1 Å². The van der Waals surface area contributed by atoms with Gasteiger partial charge in [-0.05, 0) is 36.6 Å². The maximum atomic E-state index is 11.1. The van der Waals surface area contributed by atoms with Crippen LogP contribution in [-0.4, -0.2) is 36.3 Å². The highest BCUT2D eigenvalue weighted by atomic mass is 16.5. The molecule has 2 rings (SSSR count). The summed E-state index contributed by atoms with van der Waals surface area (Å²) in [5, 5.41) is 11.1. The number of ether oxygens (including phenoxy) is 1. The predicted octanol–water partition coefficient (Wildman–Crippen LogP) is 2.79. The first kappa shape index (κ1) is 15.1. The second-order valence-electron chi connectivity index (χ2n) is 5.00. The summed E-state index contributed by atoms with van der Waals surface area (Å²) in [5.41, 5.74) is 0. The van der Waals surface area contributed by atoms with Crippen LogP contribution in [0.4, 0.5) is 5.82 Å². The van der Waals surface area contributed by atoms with Gasteiger partial charge in [-0.1, -0.05) is 6.92 Å². The maximum Gasteiger partial charge on any atom is 0.308 e. The maximum absolute atomic E-state index is 11.1. The van der Waals surface area contributed by atoms with Crippen molar-refractivity contribution in [1.82, 2.24) is 4.98 Å². The number of rotatable bonds is 6.